The number of benzene rings is 1. The normalized spacial score (nSPS) is 45.1. The Bertz CT molecular complexity index is 507. The Kier molecular flexibility index (Phi) is 2.47. The van der Waals surface area contributed by atoms with Gasteiger partial charge in [0.2, 0.25) is 0 Å². The second kappa shape index (κ2) is 4.06. The van der Waals surface area contributed by atoms with Gasteiger partial charge in [-0.05, 0) is 48.0 Å². The quantitative estimate of drug-likeness (QED) is 0.754. The van der Waals surface area contributed by atoms with E-state index in [2.05, 4.69) is 36.4 Å². The van der Waals surface area contributed by atoms with Gasteiger partial charge < -0.3 is 0 Å². The first kappa shape index (κ1) is 11.0. The Balaban J connectivity index is 1.76. The van der Waals surface area contributed by atoms with Crippen molar-refractivity contribution < 1.29 is 4.21 Å². The first-order chi connectivity index (χ1) is 8.84. The van der Waals surface area contributed by atoms with Crippen LogP contribution < -0.4 is 0 Å². The molecule has 1 aromatic carbocycles. The third-order valence-corrected chi connectivity index (χ3v) is 6.85. The second-order valence-corrected chi connectivity index (χ2v) is 7.44. The molecule has 0 N–H and O–H groups in total. The summed E-state index contributed by atoms with van der Waals surface area (Å²) >= 11 is 0. The van der Waals surface area contributed by atoms with E-state index in [4.69, 9.17) is 0 Å². The summed E-state index contributed by atoms with van der Waals surface area (Å²) in [5.41, 5.74) is 1.41. The molecule has 2 aliphatic carbocycles. The number of rotatable bonds is 1. The standard InChI is InChI=1S/C16H18OS/c17-18-9-8-14(11-4-2-1-3-5-11)15-12-6-7-13(10-12)16(15)18/h1-5,8-9,12-16H,6-7,10H2/t12-,13+,14-,15-,16-,18?/m1/s1. The van der Waals surface area contributed by atoms with Gasteiger partial charge in [0.1, 0.15) is 0 Å². The van der Waals surface area contributed by atoms with E-state index in [1.54, 1.807) is 0 Å². The van der Waals surface area contributed by atoms with Crippen LogP contribution in [0.3, 0.4) is 0 Å². The highest BCUT2D eigenvalue weighted by atomic mass is 32.2. The van der Waals surface area contributed by atoms with Gasteiger partial charge in [0.15, 0.2) is 0 Å². The van der Waals surface area contributed by atoms with Crippen molar-refractivity contribution in [3.05, 3.63) is 47.4 Å². The summed E-state index contributed by atoms with van der Waals surface area (Å²) in [5, 5.41) is 2.42. The van der Waals surface area contributed by atoms with Crippen LogP contribution in [0.25, 0.3) is 0 Å². The molecule has 2 saturated carbocycles. The van der Waals surface area contributed by atoms with Crippen molar-refractivity contribution in [1.82, 2.24) is 0 Å². The third kappa shape index (κ3) is 1.48. The lowest BCUT2D eigenvalue weighted by Crippen LogP contribution is -2.36. The first-order valence-corrected chi connectivity index (χ1v) is 8.25. The molecule has 0 radical (unpaired) electrons. The lowest BCUT2D eigenvalue weighted by Gasteiger charge is -2.37. The molecule has 1 aliphatic heterocycles. The molecule has 2 heteroatoms. The lowest BCUT2D eigenvalue weighted by molar-refractivity contribution is 0.311. The predicted octanol–water partition coefficient (Wildman–Crippen LogP) is 3.46. The minimum absolute atomic E-state index is 0.443. The van der Waals surface area contributed by atoms with E-state index in [9.17, 15) is 4.21 Å². The first-order valence-electron chi connectivity index (χ1n) is 6.97. The maximum Gasteiger partial charge on any atom is 0.0490 e. The van der Waals surface area contributed by atoms with Crippen LogP contribution in [0.2, 0.25) is 0 Å². The van der Waals surface area contributed by atoms with Gasteiger partial charge >= 0.3 is 0 Å². The van der Waals surface area contributed by atoms with Crippen molar-refractivity contribution in [2.75, 3.05) is 0 Å². The van der Waals surface area contributed by atoms with Crippen molar-refractivity contribution in [3.8, 4) is 0 Å². The topological polar surface area (TPSA) is 17.1 Å². The minimum atomic E-state index is -0.720. The molecule has 4 rings (SSSR count). The molecule has 6 atom stereocenters. The third-order valence-electron chi connectivity index (χ3n) is 5.19. The Hall–Kier alpha value is -0.890. The zero-order valence-electron chi connectivity index (χ0n) is 10.4. The van der Waals surface area contributed by atoms with E-state index < -0.39 is 10.8 Å². The molecular formula is C16H18OS. The second-order valence-electron chi connectivity index (χ2n) is 5.97. The molecule has 18 heavy (non-hydrogen) atoms. The van der Waals surface area contributed by atoms with Crippen LogP contribution in [-0.2, 0) is 10.8 Å². The minimum Gasteiger partial charge on any atom is -0.255 e. The lowest BCUT2D eigenvalue weighted by atomic mass is 9.75. The largest absolute Gasteiger partial charge is 0.255 e. The predicted molar refractivity (Wildman–Crippen MR) is 74.6 cm³/mol. The maximum atomic E-state index is 12.3. The van der Waals surface area contributed by atoms with Crippen LogP contribution in [0.5, 0.6) is 0 Å². The fourth-order valence-electron chi connectivity index (χ4n) is 4.52. The van der Waals surface area contributed by atoms with Gasteiger partial charge in [0.25, 0.3) is 0 Å². The van der Waals surface area contributed by atoms with Gasteiger partial charge in [-0.3, -0.25) is 4.21 Å². The number of hydrogen-bond acceptors (Lipinski definition) is 1. The molecule has 1 aromatic rings. The number of allylic oxidation sites excluding steroid dienone is 1. The molecule has 2 fully saturated rings. The SMILES string of the molecule is O=S1C=C[C@H](c2ccccc2)[C@H]2[C@@H]3CC[C@@H](C3)[C@H]21. The molecule has 0 amide bonds. The molecule has 2 bridgehead atoms. The molecule has 1 unspecified atom stereocenters. The molecular weight excluding hydrogens is 240 g/mol. The number of hydrogen-bond donors (Lipinski definition) is 0. The van der Waals surface area contributed by atoms with E-state index in [-0.39, 0.29) is 0 Å². The summed E-state index contributed by atoms with van der Waals surface area (Å²) in [7, 11) is -0.720. The summed E-state index contributed by atoms with van der Waals surface area (Å²) in [4.78, 5) is 0. The highest BCUT2D eigenvalue weighted by Gasteiger charge is 2.53. The summed E-state index contributed by atoms with van der Waals surface area (Å²) in [6.07, 6.45) is 6.21. The fraction of sp³-hybridized carbons (Fsp3) is 0.500. The van der Waals surface area contributed by atoms with Crippen molar-refractivity contribution >= 4 is 10.8 Å². The van der Waals surface area contributed by atoms with Gasteiger partial charge in [0, 0.05) is 22.0 Å². The van der Waals surface area contributed by atoms with Crippen molar-refractivity contribution in [3.63, 3.8) is 0 Å². The van der Waals surface area contributed by atoms with Gasteiger partial charge in [-0.25, -0.2) is 0 Å². The zero-order chi connectivity index (χ0) is 12.1. The van der Waals surface area contributed by atoms with E-state index in [0.29, 0.717) is 17.1 Å². The molecule has 1 nitrogen and oxygen atoms in total. The van der Waals surface area contributed by atoms with Crippen molar-refractivity contribution in [2.45, 2.75) is 30.4 Å². The zero-order valence-corrected chi connectivity index (χ0v) is 11.2. The molecule has 0 spiro atoms. The Morgan fingerprint density at radius 3 is 2.67 bits per heavy atom. The van der Waals surface area contributed by atoms with Crippen LogP contribution in [0, 0.1) is 17.8 Å². The van der Waals surface area contributed by atoms with Crippen LogP contribution in [-0.4, -0.2) is 9.46 Å². The van der Waals surface area contributed by atoms with Crippen LogP contribution >= 0.6 is 0 Å². The van der Waals surface area contributed by atoms with Crippen molar-refractivity contribution in [2.24, 2.45) is 17.8 Å². The Morgan fingerprint density at radius 2 is 1.83 bits per heavy atom. The van der Waals surface area contributed by atoms with E-state index in [1.165, 1.54) is 24.8 Å². The van der Waals surface area contributed by atoms with Crippen LogP contribution in [0.1, 0.15) is 30.7 Å². The molecule has 3 aliphatic rings. The molecule has 0 aromatic heterocycles. The molecule has 94 valence electrons. The highest BCUT2D eigenvalue weighted by molar-refractivity contribution is 7.88. The van der Waals surface area contributed by atoms with Crippen molar-refractivity contribution in [1.29, 1.82) is 0 Å². The van der Waals surface area contributed by atoms with E-state index >= 15 is 0 Å². The van der Waals surface area contributed by atoms with Gasteiger partial charge in [-0.2, -0.15) is 0 Å². The fourth-order valence-corrected chi connectivity index (χ4v) is 6.35. The highest BCUT2D eigenvalue weighted by Crippen LogP contribution is 2.57. The average molecular weight is 258 g/mol. The molecule has 0 saturated heterocycles. The van der Waals surface area contributed by atoms with Crippen LogP contribution in [0.15, 0.2) is 41.8 Å². The Labute approximate surface area is 111 Å². The summed E-state index contributed by atoms with van der Waals surface area (Å²) in [6, 6.07) is 10.8. The summed E-state index contributed by atoms with van der Waals surface area (Å²) < 4.78 is 12.3. The number of fused-ring (bicyclic) bond motifs is 5. The van der Waals surface area contributed by atoms with E-state index in [0.717, 1.165) is 11.8 Å². The van der Waals surface area contributed by atoms with Gasteiger partial charge in [0.05, 0.1) is 0 Å². The maximum absolute atomic E-state index is 12.3. The molecule has 1 heterocycles. The summed E-state index contributed by atoms with van der Waals surface area (Å²) in [5.74, 6) is 2.69. The van der Waals surface area contributed by atoms with Gasteiger partial charge in [-0.15, -0.1) is 0 Å². The summed E-state index contributed by atoms with van der Waals surface area (Å²) in [6.45, 7) is 0. The Morgan fingerprint density at radius 1 is 1.06 bits per heavy atom. The average Bonchev–Trinajstić information content (AvgIpc) is 3.02. The van der Waals surface area contributed by atoms with E-state index in [1.807, 2.05) is 5.41 Å². The van der Waals surface area contributed by atoms with Crippen LogP contribution in [0.4, 0.5) is 0 Å². The monoisotopic (exact) mass is 258 g/mol. The smallest absolute Gasteiger partial charge is 0.0490 e. The van der Waals surface area contributed by atoms with Gasteiger partial charge in [-0.1, -0.05) is 36.4 Å².